The second kappa shape index (κ2) is 13.1. The van der Waals surface area contributed by atoms with Gasteiger partial charge in [-0.25, -0.2) is 4.98 Å². The van der Waals surface area contributed by atoms with Crippen LogP contribution in [-0.4, -0.2) is 70.5 Å². The summed E-state index contributed by atoms with van der Waals surface area (Å²) in [7, 11) is 1.62. The van der Waals surface area contributed by atoms with E-state index in [1.165, 1.54) is 0 Å². The first-order valence-electron chi connectivity index (χ1n) is 15.2. The Kier molecular flexibility index (Phi) is 8.88. The maximum atomic E-state index is 14.5. The number of nitrogens with zero attached hydrogens (tertiary/aromatic N) is 3. The van der Waals surface area contributed by atoms with Crippen LogP contribution in [-0.2, 0) is 11.2 Å². The normalized spacial score (nSPS) is 22.3. The van der Waals surface area contributed by atoms with E-state index in [9.17, 15) is 9.90 Å². The van der Waals surface area contributed by atoms with E-state index in [-0.39, 0.29) is 24.6 Å². The molecule has 6 rings (SSSR count). The summed E-state index contributed by atoms with van der Waals surface area (Å²) in [5.74, 6) is 1.46. The number of aliphatic hydroxyl groups is 1. The Morgan fingerprint density at radius 1 is 1.02 bits per heavy atom. The van der Waals surface area contributed by atoms with Crippen LogP contribution in [0.2, 0.25) is 0 Å². The van der Waals surface area contributed by atoms with Crippen molar-refractivity contribution < 1.29 is 19.4 Å². The van der Waals surface area contributed by atoms with Crippen molar-refractivity contribution in [3.8, 4) is 22.8 Å². The van der Waals surface area contributed by atoms with Crippen LogP contribution in [0.15, 0.2) is 91.3 Å². The van der Waals surface area contributed by atoms with Crippen LogP contribution in [0, 0.1) is 0 Å². The van der Waals surface area contributed by atoms with Gasteiger partial charge < -0.3 is 29.4 Å². The molecule has 4 aromatic rings. The van der Waals surface area contributed by atoms with E-state index in [2.05, 4.69) is 11.4 Å². The number of benzene rings is 3. The van der Waals surface area contributed by atoms with Gasteiger partial charge in [0.25, 0.3) is 5.91 Å². The number of carbonyl (C=O) groups is 1. The maximum absolute atomic E-state index is 14.5. The van der Waals surface area contributed by atoms with Gasteiger partial charge in [-0.05, 0) is 43.0 Å². The summed E-state index contributed by atoms with van der Waals surface area (Å²) >= 11 is 0. The van der Waals surface area contributed by atoms with Crippen LogP contribution >= 0.6 is 0 Å². The van der Waals surface area contributed by atoms with E-state index in [0.29, 0.717) is 38.2 Å². The zero-order chi connectivity index (χ0) is 29.6. The molecule has 0 spiro atoms. The Morgan fingerprint density at radius 3 is 2.56 bits per heavy atom. The highest BCUT2D eigenvalue weighted by atomic mass is 16.5. The fraction of sp³-hybridized carbons (Fsp3) is 0.371. The molecule has 0 unspecified atom stereocenters. The molecule has 1 saturated heterocycles. The molecule has 1 amide bonds. The first kappa shape index (κ1) is 29.1. The first-order valence-corrected chi connectivity index (χ1v) is 15.2. The number of aromatic nitrogens is 2. The quantitative estimate of drug-likeness (QED) is 0.272. The summed E-state index contributed by atoms with van der Waals surface area (Å²) in [6.45, 7) is 2.19. The minimum absolute atomic E-state index is 0.0874. The maximum Gasteiger partial charge on any atom is 0.275 e. The minimum Gasteiger partial charge on any atom is -0.457 e. The molecule has 3 aromatic carbocycles. The third-order valence-electron chi connectivity index (χ3n) is 8.74. The lowest BCUT2D eigenvalue weighted by molar-refractivity contribution is -0.0893. The average Bonchev–Trinajstić information content (AvgIpc) is 3.48. The van der Waals surface area contributed by atoms with E-state index in [1.54, 1.807) is 13.4 Å². The molecule has 0 radical (unpaired) electrons. The van der Waals surface area contributed by atoms with Crippen molar-refractivity contribution in [1.82, 2.24) is 19.8 Å². The lowest BCUT2D eigenvalue weighted by atomic mass is 9.80. The number of piperazine rings is 1. The predicted molar refractivity (Wildman–Crippen MR) is 166 cm³/mol. The van der Waals surface area contributed by atoms with E-state index < -0.39 is 5.60 Å². The Hall–Kier alpha value is -3.98. The smallest absolute Gasteiger partial charge is 0.275 e. The largest absolute Gasteiger partial charge is 0.457 e. The third kappa shape index (κ3) is 6.22. The summed E-state index contributed by atoms with van der Waals surface area (Å²) in [4.78, 5) is 21.2. The molecule has 224 valence electrons. The van der Waals surface area contributed by atoms with Gasteiger partial charge in [-0.2, -0.15) is 0 Å². The molecule has 2 heterocycles. The van der Waals surface area contributed by atoms with E-state index in [4.69, 9.17) is 14.5 Å². The van der Waals surface area contributed by atoms with Gasteiger partial charge in [0.15, 0.2) is 5.69 Å². The Labute approximate surface area is 253 Å². The zero-order valence-electron chi connectivity index (χ0n) is 24.7. The van der Waals surface area contributed by atoms with Gasteiger partial charge in [0.05, 0.1) is 24.7 Å². The summed E-state index contributed by atoms with van der Waals surface area (Å²) in [6.07, 6.45) is 5.75. The highest BCUT2D eigenvalue weighted by Gasteiger charge is 2.42. The van der Waals surface area contributed by atoms with Gasteiger partial charge >= 0.3 is 0 Å². The predicted octanol–water partition coefficient (Wildman–Crippen LogP) is 5.49. The fourth-order valence-electron chi connectivity index (χ4n) is 6.64. The van der Waals surface area contributed by atoms with E-state index in [1.807, 2.05) is 88.3 Å². The zero-order valence-corrected chi connectivity index (χ0v) is 24.7. The first-order chi connectivity index (χ1) is 21.1. The molecule has 1 saturated carbocycles. The van der Waals surface area contributed by atoms with Gasteiger partial charge in [0.2, 0.25) is 0 Å². The lowest BCUT2D eigenvalue weighted by Gasteiger charge is -2.41. The molecule has 1 aromatic heterocycles. The van der Waals surface area contributed by atoms with Crippen LogP contribution in [0.3, 0.4) is 0 Å². The molecule has 0 bridgehead atoms. The number of amides is 1. The van der Waals surface area contributed by atoms with Crippen molar-refractivity contribution >= 4 is 5.91 Å². The topological polar surface area (TPSA) is 88.8 Å². The van der Waals surface area contributed by atoms with Gasteiger partial charge in [0, 0.05) is 38.3 Å². The van der Waals surface area contributed by atoms with Gasteiger partial charge in [0.1, 0.15) is 17.1 Å². The summed E-state index contributed by atoms with van der Waals surface area (Å²) in [5.41, 5.74) is 2.08. The number of nitrogens with one attached hydrogen (secondary N) is 1. The second-order valence-corrected chi connectivity index (χ2v) is 11.6. The molecule has 2 fully saturated rings. The van der Waals surface area contributed by atoms with Crippen molar-refractivity contribution in [2.45, 2.75) is 49.8 Å². The fourth-order valence-corrected chi connectivity index (χ4v) is 6.64. The van der Waals surface area contributed by atoms with E-state index in [0.717, 1.165) is 47.6 Å². The summed E-state index contributed by atoms with van der Waals surface area (Å²) in [6, 6.07) is 27.4. The molecule has 2 N–H and O–H groups in total. The molecule has 1 aliphatic carbocycles. The van der Waals surface area contributed by atoms with Crippen LogP contribution in [0.4, 0.5) is 0 Å². The Morgan fingerprint density at radius 2 is 1.77 bits per heavy atom. The molecular weight excluding hydrogens is 540 g/mol. The SMILES string of the molecule is COC[C@]1(O)CCCC[C@H]1n1cnc(C(=O)N2CCNC[C@H]2Cc2ccccc2Oc2ccccc2)c1-c1ccccc1. The van der Waals surface area contributed by atoms with Crippen molar-refractivity contribution in [2.24, 2.45) is 0 Å². The van der Waals surface area contributed by atoms with Gasteiger partial charge in [-0.1, -0.05) is 79.6 Å². The molecular formula is C35H40N4O4. The number of ether oxygens (including phenoxy) is 2. The highest BCUT2D eigenvalue weighted by molar-refractivity contribution is 5.98. The molecule has 2 aliphatic rings. The molecule has 1 aliphatic heterocycles. The number of para-hydroxylation sites is 2. The number of rotatable bonds is 9. The number of hydrogen-bond acceptors (Lipinski definition) is 6. The van der Waals surface area contributed by atoms with Crippen molar-refractivity contribution in [3.05, 3.63) is 103 Å². The highest BCUT2D eigenvalue weighted by Crippen LogP contribution is 2.41. The van der Waals surface area contributed by atoms with Crippen LogP contribution in [0.25, 0.3) is 11.3 Å². The van der Waals surface area contributed by atoms with Crippen LogP contribution < -0.4 is 10.1 Å². The summed E-state index contributed by atoms with van der Waals surface area (Å²) < 4.78 is 13.7. The van der Waals surface area contributed by atoms with Crippen molar-refractivity contribution in [3.63, 3.8) is 0 Å². The standard InChI is InChI=1S/C35H40N4O4/c1-42-24-35(41)19-11-10-18-31(35)39-25-37-32(33(39)26-12-4-2-5-13-26)34(40)38-21-20-36-23-28(38)22-27-14-8-9-17-30(27)43-29-15-6-3-7-16-29/h2-9,12-17,25,28,31,36,41H,10-11,18-24H2,1H3/t28-,31-,35-/m1/s1. The van der Waals surface area contributed by atoms with Gasteiger partial charge in [-0.15, -0.1) is 0 Å². The summed E-state index contributed by atoms with van der Waals surface area (Å²) in [5, 5.41) is 15.2. The Balaban J connectivity index is 1.33. The minimum atomic E-state index is -1.03. The number of hydrogen-bond donors (Lipinski definition) is 2. The Bertz CT molecular complexity index is 1500. The monoisotopic (exact) mass is 580 g/mol. The molecule has 8 nitrogen and oxygen atoms in total. The number of methoxy groups -OCH3 is 1. The van der Waals surface area contributed by atoms with Gasteiger partial charge in [-0.3, -0.25) is 4.79 Å². The van der Waals surface area contributed by atoms with Crippen LogP contribution in [0.1, 0.15) is 47.8 Å². The third-order valence-corrected chi connectivity index (χ3v) is 8.74. The van der Waals surface area contributed by atoms with Crippen molar-refractivity contribution in [1.29, 1.82) is 0 Å². The molecule has 3 atom stereocenters. The van der Waals surface area contributed by atoms with Crippen LogP contribution in [0.5, 0.6) is 11.5 Å². The van der Waals surface area contributed by atoms with E-state index >= 15 is 0 Å². The van der Waals surface area contributed by atoms with Crippen molar-refractivity contribution in [2.75, 3.05) is 33.4 Å². The number of imidazole rings is 1. The number of carbonyl (C=O) groups excluding carboxylic acids is 1. The lowest BCUT2D eigenvalue weighted by Crippen LogP contribution is -2.54. The average molecular weight is 581 g/mol. The molecule has 43 heavy (non-hydrogen) atoms. The second-order valence-electron chi connectivity index (χ2n) is 11.6. The molecule has 8 heteroatoms.